The van der Waals surface area contributed by atoms with Gasteiger partial charge in [0.1, 0.15) is 17.2 Å². The lowest BCUT2D eigenvalue weighted by atomic mass is 10.0. The van der Waals surface area contributed by atoms with Crippen molar-refractivity contribution in [3.05, 3.63) is 59.8 Å². The molecular weight excluding hydrogens is 406 g/mol. The number of para-hydroxylation sites is 3. The third-order valence-corrected chi connectivity index (χ3v) is 6.01. The van der Waals surface area contributed by atoms with Crippen molar-refractivity contribution in [2.24, 2.45) is 0 Å². The largest absolute Gasteiger partial charge is 0.496 e. The number of methoxy groups -OCH3 is 2. The van der Waals surface area contributed by atoms with Crippen molar-refractivity contribution < 1.29 is 19.1 Å². The Morgan fingerprint density at radius 2 is 1.31 bits per heavy atom. The zero-order valence-corrected chi connectivity index (χ0v) is 19.0. The van der Waals surface area contributed by atoms with Crippen molar-refractivity contribution in [1.29, 1.82) is 0 Å². The van der Waals surface area contributed by atoms with E-state index in [-0.39, 0.29) is 17.9 Å². The molecule has 2 aliphatic rings. The molecule has 0 aromatic heterocycles. The van der Waals surface area contributed by atoms with Crippen LogP contribution in [0, 0.1) is 0 Å². The molecule has 2 aromatic carbocycles. The van der Waals surface area contributed by atoms with E-state index in [1.165, 1.54) is 4.90 Å². The second-order valence-corrected chi connectivity index (χ2v) is 8.14. The second-order valence-electron chi connectivity index (χ2n) is 8.14. The Hall–Kier alpha value is -3.48. The minimum Gasteiger partial charge on any atom is -0.496 e. The van der Waals surface area contributed by atoms with Gasteiger partial charge >= 0.3 is 0 Å². The highest BCUT2D eigenvalue weighted by molar-refractivity contribution is 6.36. The summed E-state index contributed by atoms with van der Waals surface area (Å²) < 4.78 is 11.0. The van der Waals surface area contributed by atoms with Crippen LogP contribution >= 0.6 is 0 Å². The minimum absolute atomic E-state index is 0.230. The Labute approximate surface area is 188 Å². The number of anilines is 1. The number of imide groups is 1. The molecule has 0 atom stereocenters. The summed E-state index contributed by atoms with van der Waals surface area (Å²) in [5.41, 5.74) is 2.57. The van der Waals surface area contributed by atoms with Gasteiger partial charge in [-0.05, 0) is 32.0 Å². The van der Waals surface area contributed by atoms with Gasteiger partial charge in [-0.25, -0.2) is 0 Å². The van der Waals surface area contributed by atoms with Gasteiger partial charge < -0.3 is 19.3 Å². The van der Waals surface area contributed by atoms with E-state index in [0.29, 0.717) is 48.8 Å². The normalized spacial score (nSPS) is 17.0. The fraction of sp³-hybridized carbons (Fsp3) is 0.360. The Morgan fingerprint density at radius 3 is 1.94 bits per heavy atom. The smallest absolute Gasteiger partial charge is 0.278 e. The molecule has 0 unspecified atom stereocenters. The lowest BCUT2D eigenvalue weighted by Gasteiger charge is -2.38. The zero-order valence-electron chi connectivity index (χ0n) is 19.0. The first kappa shape index (κ1) is 21.7. The summed E-state index contributed by atoms with van der Waals surface area (Å²) in [6.07, 6.45) is 0. The van der Waals surface area contributed by atoms with E-state index in [9.17, 15) is 9.59 Å². The predicted octanol–water partition coefficient (Wildman–Crippen LogP) is 3.01. The molecule has 0 N–H and O–H groups in total. The summed E-state index contributed by atoms with van der Waals surface area (Å²) >= 11 is 0. The molecule has 0 spiro atoms. The van der Waals surface area contributed by atoms with Gasteiger partial charge in [-0.1, -0.05) is 30.3 Å². The first-order chi connectivity index (χ1) is 15.5. The number of hydrogen-bond acceptors (Lipinski definition) is 6. The number of nitrogens with zero attached hydrogens (tertiary/aromatic N) is 3. The van der Waals surface area contributed by atoms with Crippen LogP contribution in [0.1, 0.15) is 19.4 Å². The monoisotopic (exact) mass is 435 g/mol. The maximum Gasteiger partial charge on any atom is 0.278 e. The van der Waals surface area contributed by atoms with E-state index in [1.807, 2.05) is 67.3 Å². The highest BCUT2D eigenvalue weighted by Crippen LogP contribution is 2.38. The highest BCUT2D eigenvalue weighted by Gasteiger charge is 2.44. The Morgan fingerprint density at radius 1 is 0.750 bits per heavy atom. The first-order valence-corrected chi connectivity index (χ1v) is 10.9. The third-order valence-electron chi connectivity index (χ3n) is 6.01. The topological polar surface area (TPSA) is 62.3 Å². The van der Waals surface area contributed by atoms with Crippen LogP contribution in [0.3, 0.4) is 0 Å². The van der Waals surface area contributed by atoms with Crippen LogP contribution in [0.2, 0.25) is 0 Å². The Bertz CT molecular complexity index is 1050. The summed E-state index contributed by atoms with van der Waals surface area (Å²) in [7, 11) is 3.25. The highest BCUT2D eigenvalue weighted by atomic mass is 16.5. The Balaban J connectivity index is 1.69. The van der Waals surface area contributed by atoms with Crippen LogP contribution in [0.4, 0.5) is 5.69 Å². The van der Waals surface area contributed by atoms with Crippen LogP contribution in [0.5, 0.6) is 11.5 Å². The molecule has 1 saturated heterocycles. The third kappa shape index (κ3) is 3.68. The maximum atomic E-state index is 13.4. The Kier molecular flexibility index (Phi) is 6.08. The quantitative estimate of drug-likeness (QED) is 0.650. The number of ether oxygens (including phenoxy) is 2. The lowest BCUT2D eigenvalue weighted by Crippen LogP contribution is -2.48. The fourth-order valence-corrected chi connectivity index (χ4v) is 4.45. The van der Waals surface area contributed by atoms with Crippen molar-refractivity contribution in [3.8, 4) is 11.5 Å². The van der Waals surface area contributed by atoms with Gasteiger partial charge in [0.25, 0.3) is 11.8 Å². The standard InChI is InChI=1S/C25H29N3O4/c1-17(2)28-24(29)22(18-9-5-7-11-20(18)31-3)23(25(28)30)27-15-13-26(14-16-27)19-10-6-8-12-21(19)32-4/h5-12,17H,13-16H2,1-4H3. The molecule has 0 aliphatic carbocycles. The predicted molar refractivity (Wildman–Crippen MR) is 124 cm³/mol. The number of hydrogen-bond donors (Lipinski definition) is 0. The van der Waals surface area contributed by atoms with Crippen LogP contribution in [-0.2, 0) is 9.59 Å². The number of carbonyl (C=O) groups excluding carboxylic acids is 2. The lowest BCUT2D eigenvalue weighted by molar-refractivity contribution is -0.139. The van der Waals surface area contributed by atoms with E-state index in [4.69, 9.17) is 9.47 Å². The number of piperazine rings is 1. The van der Waals surface area contributed by atoms with E-state index in [0.717, 1.165) is 11.4 Å². The molecule has 7 heteroatoms. The molecule has 7 nitrogen and oxygen atoms in total. The first-order valence-electron chi connectivity index (χ1n) is 10.9. The van der Waals surface area contributed by atoms with Gasteiger partial charge in [0.15, 0.2) is 0 Å². The minimum atomic E-state index is -0.267. The molecule has 2 aliphatic heterocycles. The zero-order chi connectivity index (χ0) is 22.8. The summed E-state index contributed by atoms with van der Waals surface area (Å²) in [4.78, 5) is 32.4. The van der Waals surface area contributed by atoms with Gasteiger partial charge in [0.2, 0.25) is 0 Å². The van der Waals surface area contributed by atoms with Crippen molar-refractivity contribution in [1.82, 2.24) is 9.80 Å². The van der Waals surface area contributed by atoms with E-state index >= 15 is 0 Å². The van der Waals surface area contributed by atoms with Crippen molar-refractivity contribution in [2.45, 2.75) is 19.9 Å². The number of rotatable bonds is 6. The molecular formula is C25H29N3O4. The average Bonchev–Trinajstić information content (AvgIpc) is 3.08. The number of carbonyl (C=O) groups is 2. The molecule has 2 amide bonds. The van der Waals surface area contributed by atoms with Gasteiger partial charge in [0.05, 0.1) is 25.5 Å². The molecule has 0 saturated carbocycles. The van der Waals surface area contributed by atoms with Crippen LogP contribution in [0.25, 0.3) is 5.57 Å². The molecule has 1 fully saturated rings. The maximum absolute atomic E-state index is 13.4. The second kappa shape index (κ2) is 8.94. The van der Waals surface area contributed by atoms with Crippen LogP contribution in [-0.4, -0.2) is 68.1 Å². The molecule has 2 aromatic rings. The van der Waals surface area contributed by atoms with Gasteiger partial charge in [-0.3, -0.25) is 14.5 Å². The average molecular weight is 436 g/mol. The molecule has 168 valence electrons. The molecule has 0 bridgehead atoms. The van der Waals surface area contributed by atoms with Crippen LogP contribution in [0.15, 0.2) is 54.2 Å². The molecule has 2 heterocycles. The molecule has 4 rings (SSSR count). The molecule has 32 heavy (non-hydrogen) atoms. The summed E-state index contributed by atoms with van der Waals surface area (Å²) in [5.74, 6) is 0.903. The van der Waals surface area contributed by atoms with E-state index in [2.05, 4.69) is 4.90 Å². The van der Waals surface area contributed by atoms with Crippen molar-refractivity contribution >= 4 is 23.1 Å². The number of benzene rings is 2. The molecule has 0 radical (unpaired) electrons. The van der Waals surface area contributed by atoms with Gasteiger partial charge in [-0.2, -0.15) is 0 Å². The SMILES string of the molecule is COc1ccccc1C1=C(N2CCN(c3ccccc3OC)CC2)C(=O)N(C(C)C)C1=O. The number of amides is 2. The summed E-state index contributed by atoms with van der Waals surface area (Å²) in [5, 5.41) is 0. The van der Waals surface area contributed by atoms with Crippen molar-refractivity contribution in [3.63, 3.8) is 0 Å². The van der Waals surface area contributed by atoms with E-state index < -0.39 is 0 Å². The summed E-state index contributed by atoms with van der Waals surface area (Å²) in [6.45, 7) is 6.39. The van der Waals surface area contributed by atoms with Crippen molar-refractivity contribution in [2.75, 3.05) is 45.3 Å². The van der Waals surface area contributed by atoms with E-state index in [1.54, 1.807) is 14.2 Å². The van der Waals surface area contributed by atoms with Gasteiger partial charge in [0, 0.05) is 37.8 Å². The fourth-order valence-electron chi connectivity index (χ4n) is 4.45. The van der Waals surface area contributed by atoms with Crippen LogP contribution < -0.4 is 14.4 Å². The van der Waals surface area contributed by atoms with Gasteiger partial charge in [-0.15, -0.1) is 0 Å². The summed E-state index contributed by atoms with van der Waals surface area (Å²) in [6, 6.07) is 15.1.